The van der Waals surface area contributed by atoms with E-state index in [-0.39, 0.29) is 36.6 Å². The number of carbonyl (C=O) groups is 2. The van der Waals surface area contributed by atoms with Crippen LogP contribution in [0.3, 0.4) is 0 Å². The van der Waals surface area contributed by atoms with E-state index in [1.807, 2.05) is 53.4 Å². The standard InChI is InChI=1S/C21H25N3O2/c22-12-18-14-24(15-19(18)17-9-5-2-6-10-17)21(26)13-23-20(25)11-16-7-3-1-4-8-16/h1-10,18-19H,11-15,22H2,(H,23,25)/t18-,19+/m1/s1. The van der Waals surface area contributed by atoms with E-state index < -0.39 is 0 Å². The second-order valence-corrected chi connectivity index (χ2v) is 6.75. The molecule has 2 amide bonds. The van der Waals surface area contributed by atoms with Crippen molar-refractivity contribution in [1.29, 1.82) is 0 Å². The predicted octanol–water partition coefficient (Wildman–Crippen LogP) is 1.55. The second kappa shape index (κ2) is 8.63. The number of hydrogen-bond acceptors (Lipinski definition) is 3. The van der Waals surface area contributed by atoms with Crippen molar-refractivity contribution in [3.8, 4) is 0 Å². The van der Waals surface area contributed by atoms with Gasteiger partial charge in [0.25, 0.3) is 0 Å². The number of benzene rings is 2. The highest BCUT2D eigenvalue weighted by atomic mass is 16.2. The number of nitrogens with two attached hydrogens (primary N) is 1. The lowest BCUT2D eigenvalue weighted by atomic mass is 9.89. The molecule has 0 aliphatic carbocycles. The first-order chi connectivity index (χ1) is 12.7. The highest BCUT2D eigenvalue weighted by Gasteiger charge is 2.35. The number of nitrogens with one attached hydrogen (secondary N) is 1. The number of rotatable bonds is 6. The Kier molecular flexibility index (Phi) is 6.02. The molecule has 1 aliphatic heterocycles. The fourth-order valence-corrected chi connectivity index (χ4v) is 3.52. The van der Waals surface area contributed by atoms with E-state index in [1.54, 1.807) is 0 Å². The summed E-state index contributed by atoms with van der Waals surface area (Å²) in [6, 6.07) is 19.7. The molecule has 0 bridgehead atoms. The largest absolute Gasteiger partial charge is 0.347 e. The van der Waals surface area contributed by atoms with Gasteiger partial charge >= 0.3 is 0 Å². The Morgan fingerprint density at radius 1 is 1.00 bits per heavy atom. The van der Waals surface area contributed by atoms with Gasteiger partial charge in [0.2, 0.25) is 11.8 Å². The normalized spacial score (nSPS) is 19.3. The molecule has 0 radical (unpaired) electrons. The van der Waals surface area contributed by atoms with E-state index >= 15 is 0 Å². The molecule has 1 aliphatic rings. The van der Waals surface area contributed by atoms with Crippen molar-refractivity contribution in [2.45, 2.75) is 12.3 Å². The van der Waals surface area contributed by atoms with E-state index in [4.69, 9.17) is 5.73 Å². The lowest BCUT2D eigenvalue weighted by Gasteiger charge is -2.17. The summed E-state index contributed by atoms with van der Waals surface area (Å²) in [5.74, 6) is 0.313. The first-order valence-corrected chi connectivity index (χ1v) is 9.00. The van der Waals surface area contributed by atoms with E-state index in [2.05, 4.69) is 17.4 Å². The molecule has 2 atom stereocenters. The fourth-order valence-electron chi connectivity index (χ4n) is 3.52. The summed E-state index contributed by atoms with van der Waals surface area (Å²) in [4.78, 5) is 26.4. The predicted molar refractivity (Wildman–Crippen MR) is 101 cm³/mol. The highest BCUT2D eigenvalue weighted by molar-refractivity contribution is 5.86. The second-order valence-electron chi connectivity index (χ2n) is 6.75. The van der Waals surface area contributed by atoms with Crippen molar-refractivity contribution in [3.63, 3.8) is 0 Å². The third-order valence-electron chi connectivity index (χ3n) is 4.97. The number of hydrogen-bond donors (Lipinski definition) is 2. The highest BCUT2D eigenvalue weighted by Crippen LogP contribution is 2.31. The molecule has 0 spiro atoms. The molecule has 3 rings (SSSR count). The van der Waals surface area contributed by atoms with Crippen LogP contribution < -0.4 is 11.1 Å². The van der Waals surface area contributed by atoms with Crippen LogP contribution in [0.2, 0.25) is 0 Å². The van der Waals surface area contributed by atoms with Crippen molar-refractivity contribution in [3.05, 3.63) is 71.8 Å². The Morgan fingerprint density at radius 2 is 1.65 bits per heavy atom. The fraction of sp³-hybridized carbons (Fsp3) is 0.333. The van der Waals surface area contributed by atoms with Gasteiger partial charge in [0, 0.05) is 19.0 Å². The van der Waals surface area contributed by atoms with Crippen LogP contribution in [0.1, 0.15) is 17.0 Å². The van der Waals surface area contributed by atoms with Crippen LogP contribution in [0.15, 0.2) is 60.7 Å². The van der Waals surface area contributed by atoms with Crippen LogP contribution in [0.25, 0.3) is 0 Å². The van der Waals surface area contributed by atoms with Crippen LogP contribution in [-0.2, 0) is 16.0 Å². The smallest absolute Gasteiger partial charge is 0.241 e. The Morgan fingerprint density at radius 3 is 2.31 bits per heavy atom. The summed E-state index contributed by atoms with van der Waals surface area (Å²) < 4.78 is 0. The SMILES string of the molecule is NC[C@@H]1CN(C(=O)CNC(=O)Cc2ccccc2)C[C@H]1c1ccccc1. The number of carbonyl (C=O) groups excluding carboxylic acids is 2. The van der Waals surface area contributed by atoms with Gasteiger partial charge in [-0.2, -0.15) is 0 Å². The molecular weight excluding hydrogens is 326 g/mol. The molecule has 136 valence electrons. The lowest BCUT2D eigenvalue weighted by Crippen LogP contribution is -2.39. The van der Waals surface area contributed by atoms with Crippen LogP contribution in [0, 0.1) is 5.92 Å². The van der Waals surface area contributed by atoms with Gasteiger partial charge in [-0.05, 0) is 23.6 Å². The monoisotopic (exact) mass is 351 g/mol. The molecule has 0 unspecified atom stereocenters. The molecule has 5 nitrogen and oxygen atoms in total. The Hall–Kier alpha value is -2.66. The van der Waals surface area contributed by atoms with Crippen molar-refractivity contribution >= 4 is 11.8 Å². The summed E-state index contributed by atoms with van der Waals surface area (Å²) in [6.07, 6.45) is 0.284. The zero-order chi connectivity index (χ0) is 18.4. The Balaban J connectivity index is 1.53. The molecule has 3 N–H and O–H groups in total. The lowest BCUT2D eigenvalue weighted by molar-refractivity contribution is -0.132. The minimum Gasteiger partial charge on any atom is -0.347 e. The van der Waals surface area contributed by atoms with Crippen molar-refractivity contribution in [1.82, 2.24) is 10.2 Å². The minimum absolute atomic E-state index is 0.0322. The van der Waals surface area contributed by atoms with Gasteiger partial charge in [0.15, 0.2) is 0 Å². The maximum absolute atomic E-state index is 12.5. The summed E-state index contributed by atoms with van der Waals surface area (Å²) in [5, 5.41) is 2.73. The number of likely N-dealkylation sites (tertiary alicyclic amines) is 1. The molecule has 5 heteroatoms. The molecule has 1 heterocycles. The molecule has 0 aromatic heterocycles. The minimum atomic E-state index is -0.140. The van der Waals surface area contributed by atoms with E-state index in [0.29, 0.717) is 19.6 Å². The van der Waals surface area contributed by atoms with Gasteiger partial charge < -0.3 is 16.0 Å². The van der Waals surface area contributed by atoms with E-state index in [1.165, 1.54) is 5.56 Å². The van der Waals surface area contributed by atoms with E-state index in [9.17, 15) is 9.59 Å². The molecule has 1 fully saturated rings. The first kappa shape index (κ1) is 18.1. The van der Waals surface area contributed by atoms with Gasteiger partial charge in [-0.15, -0.1) is 0 Å². The van der Waals surface area contributed by atoms with Crippen molar-refractivity contribution in [2.24, 2.45) is 11.7 Å². The van der Waals surface area contributed by atoms with Crippen molar-refractivity contribution in [2.75, 3.05) is 26.2 Å². The molecule has 1 saturated heterocycles. The van der Waals surface area contributed by atoms with Gasteiger partial charge in [-0.3, -0.25) is 9.59 Å². The van der Waals surface area contributed by atoms with Gasteiger partial charge in [-0.1, -0.05) is 60.7 Å². The van der Waals surface area contributed by atoms with Crippen molar-refractivity contribution < 1.29 is 9.59 Å². The summed E-state index contributed by atoms with van der Waals surface area (Å²) in [7, 11) is 0. The maximum Gasteiger partial charge on any atom is 0.241 e. The number of nitrogens with zero attached hydrogens (tertiary/aromatic N) is 1. The summed E-state index contributed by atoms with van der Waals surface area (Å²) >= 11 is 0. The van der Waals surface area contributed by atoms with Crippen LogP contribution in [0.5, 0.6) is 0 Å². The van der Waals surface area contributed by atoms with Gasteiger partial charge in [0.1, 0.15) is 0 Å². The van der Waals surface area contributed by atoms with Crippen LogP contribution >= 0.6 is 0 Å². The topological polar surface area (TPSA) is 75.4 Å². The molecule has 26 heavy (non-hydrogen) atoms. The molecular formula is C21H25N3O2. The Labute approximate surface area is 154 Å². The molecule has 0 saturated carbocycles. The van der Waals surface area contributed by atoms with Gasteiger partial charge in [0.05, 0.1) is 13.0 Å². The van der Waals surface area contributed by atoms with Crippen LogP contribution in [0.4, 0.5) is 0 Å². The van der Waals surface area contributed by atoms with E-state index in [0.717, 1.165) is 5.56 Å². The zero-order valence-corrected chi connectivity index (χ0v) is 14.8. The quantitative estimate of drug-likeness (QED) is 0.829. The molecule has 2 aromatic rings. The van der Waals surface area contributed by atoms with Gasteiger partial charge in [-0.25, -0.2) is 0 Å². The summed E-state index contributed by atoms with van der Waals surface area (Å²) in [5.41, 5.74) is 8.07. The first-order valence-electron chi connectivity index (χ1n) is 9.00. The Bertz CT molecular complexity index is 733. The average molecular weight is 351 g/mol. The van der Waals surface area contributed by atoms with Crippen LogP contribution in [-0.4, -0.2) is 42.9 Å². The zero-order valence-electron chi connectivity index (χ0n) is 14.8. The summed E-state index contributed by atoms with van der Waals surface area (Å²) in [6.45, 7) is 1.87. The average Bonchev–Trinajstić information content (AvgIpc) is 3.12. The molecule has 2 aromatic carbocycles. The maximum atomic E-state index is 12.5. The third-order valence-corrected chi connectivity index (χ3v) is 4.97. The third kappa shape index (κ3) is 4.49. The number of amides is 2.